The van der Waals surface area contributed by atoms with E-state index in [1.807, 2.05) is 24.4 Å². The standard InChI is InChI=1S/C14H13N3/c15-8-10-3-4-13-12(6-10)7-14(17-13)11-2-1-5-16-9-11/h1-7,9,17H,8,15H2. The maximum atomic E-state index is 5.64. The van der Waals surface area contributed by atoms with Crippen LogP contribution in [0.2, 0.25) is 0 Å². The molecule has 0 atom stereocenters. The minimum atomic E-state index is 0.573. The number of aromatic amines is 1. The Morgan fingerprint density at radius 1 is 1.18 bits per heavy atom. The number of aromatic nitrogens is 2. The van der Waals surface area contributed by atoms with Crippen LogP contribution in [0.1, 0.15) is 5.56 Å². The van der Waals surface area contributed by atoms with Crippen molar-refractivity contribution in [1.29, 1.82) is 0 Å². The lowest BCUT2D eigenvalue weighted by molar-refractivity contribution is 1.08. The SMILES string of the molecule is NCc1ccc2[nH]c(-c3cccnc3)cc2c1. The van der Waals surface area contributed by atoms with Crippen LogP contribution in [0.25, 0.3) is 22.2 Å². The summed E-state index contributed by atoms with van der Waals surface area (Å²) in [7, 11) is 0. The Morgan fingerprint density at radius 2 is 2.12 bits per heavy atom. The van der Waals surface area contributed by atoms with Crippen molar-refractivity contribution in [1.82, 2.24) is 9.97 Å². The van der Waals surface area contributed by atoms with Gasteiger partial charge in [-0.25, -0.2) is 0 Å². The van der Waals surface area contributed by atoms with Crippen LogP contribution < -0.4 is 5.73 Å². The molecule has 0 unspecified atom stereocenters. The topological polar surface area (TPSA) is 54.7 Å². The number of pyridine rings is 1. The van der Waals surface area contributed by atoms with E-state index >= 15 is 0 Å². The molecule has 2 aromatic heterocycles. The summed E-state index contributed by atoms with van der Waals surface area (Å²) < 4.78 is 0. The summed E-state index contributed by atoms with van der Waals surface area (Å²) in [5.74, 6) is 0. The summed E-state index contributed by atoms with van der Waals surface area (Å²) in [6, 6.07) is 12.3. The molecule has 0 spiro atoms. The Bertz CT molecular complexity index is 641. The zero-order valence-electron chi connectivity index (χ0n) is 9.35. The van der Waals surface area contributed by atoms with Crippen LogP contribution in [0.5, 0.6) is 0 Å². The highest BCUT2D eigenvalue weighted by Crippen LogP contribution is 2.24. The molecule has 0 saturated heterocycles. The first kappa shape index (κ1) is 10.1. The summed E-state index contributed by atoms with van der Waals surface area (Å²) in [5.41, 5.74) is 10.1. The smallest absolute Gasteiger partial charge is 0.0480 e. The van der Waals surface area contributed by atoms with Gasteiger partial charge in [-0.2, -0.15) is 0 Å². The van der Waals surface area contributed by atoms with Crippen LogP contribution in [0.3, 0.4) is 0 Å². The van der Waals surface area contributed by atoms with Crippen molar-refractivity contribution in [2.75, 3.05) is 0 Å². The zero-order chi connectivity index (χ0) is 11.7. The van der Waals surface area contributed by atoms with Crippen molar-refractivity contribution in [2.45, 2.75) is 6.54 Å². The van der Waals surface area contributed by atoms with E-state index in [9.17, 15) is 0 Å². The number of nitrogens with one attached hydrogen (secondary N) is 1. The van der Waals surface area contributed by atoms with E-state index in [2.05, 4.69) is 28.2 Å². The van der Waals surface area contributed by atoms with Gasteiger partial charge < -0.3 is 10.7 Å². The van der Waals surface area contributed by atoms with Gasteiger partial charge in [-0.15, -0.1) is 0 Å². The quantitative estimate of drug-likeness (QED) is 0.701. The molecule has 0 aliphatic heterocycles. The second-order valence-electron chi connectivity index (χ2n) is 4.05. The van der Waals surface area contributed by atoms with Crippen LogP contribution in [-0.4, -0.2) is 9.97 Å². The molecule has 3 aromatic rings. The van der Waals surface area contributed by atoms with Gasteiger partial charge in [0.25, 0.3) is 0 Å². The first-order valence-electron chi connectivity index (χ1n) is 5.59. The molecular formula is C14H13N3. The summed E-state index contributed by atoms with van der Waals surface area (Å²) in [5, 5.41) is 1.19. The Morgan fingerprint density at radius 3 is 2.88 bits per heavy atom. The van der Waals surface area contributed by atoms with Crippen LogP contribution >= 0.6 is 0 Å². The van der Waals surface area contributed by atoms with Crippen molar-refractivity contribution in [2.24, 2.45) is 5.73 Å². The molecule has 2 heterocycles. The van der Waals surface area contributed by atoms with Gasteiger partial charge in [-0.05, 0) is 35.9 Å². The summed E-state index contributed by atoms with van der Waals surface area (Å²) in [6.45, 7) is 0.573. The molecule has 0 aliphatic rings. The van der Waals surface area contributed by atoms with E-state index in [1.165, 1.54) is 5.39 Å². The van der Waals surface area contributed by atoms with E-state index < -0.39 is 0 Å². The average Bonchev–Trinajstić information content (AvgIpc) is 2.82. The maximum absolute atomic E-state index is 5.64. The number of fused-ring (bicyclic) bond motifs is 1. The molecule has 3 heteroatoms. The minimum absolute atomic E-state index is 0.573. The lowest BCUT2D eigenvalue weighted by Gasteiger charge is -1.95. The Labute approximate surface area is 99.3 Å². The lowest BCUT2D eigenvalue weighted by Crippen LogP contribution is -1.94. The highest BCUT2D eigenvalue weighted by Gasteiger charge is 2.03. The number of H-pyrrole nitrogens is 1. The van der Waals surface area contributed by atoms with Crippen LogP contribution in [0, 0.1) is 0 Å². The molecule has 0 fully saturated rings. The van der Waals surface area contributed by atoms with Crippen LogP contribution in [-0.2, 0) is 6.54 Å². The third-order valence-electron chi connectivity index (χ3n) is 2.89. The van der Waals surface area contributed by atoms with Gasteiger partial charge in [-0.1, -0.05) is 6.07 Å². The molecule has 3 nitrogen and oxygen atoms in total. The van der Waals surface area contributed by atoms with Crippen molar-refractivity contribution < 1.29 is 0 Å². The number of rotatable bonds is 2. The Hall–Kier alpha value is -2.13. The molecule has 3 rings (SSSR count). The van der Waals surface area contributed by atoms with Gasteiger partial charge in [0.2, 0.25) is 0 Å². The second-order valence-corrected chi connectivity index (χ2v) is 4.05. The monoisotopic (exact) mass is 223 g/mol. The summed E-state index contributed by atoms with van der Waals surface area (Å²) >= 11 is 0. The van der Waals surface area contributed by atoms with Gasteiger partial charge in [0.1, 0.15) is 0 Å². The average molecular weight is 223 g/mol. The first-order valence-corrected chi connectivity index (χ1v) is 5.59. The highest BCUT2D eigenvalue weighted by molar-refractivity contribution is 5.86. The third kappa shape index (κ3) is 1.81. The molecule has 84 valence electrons. The fourth-order valence-electron chi connectivity index (χ4n) is 1.99. The van der Waals surface area contributed by atoms with E-state index in [0.717, 1.165) is 22.3 Å². The van der Waals surface area contributed by atoms with Gasteiger partial charge in [-0.3, -0.25) is 4.98 Å². The van der Waals surface area contributed by atoms with Gasteiger partial charge in [0, 0.05) is 41.1 Å². The molecule has 0 bridgehead atoms. The van der Waals surface area contributed by atoms with Gasteiger partial charge >= 0.3 is 0 Å². The molecule has 17 heavy (non-hydrogen) atoms. The predicted octanol–water partition coefficient (Wildman–Crippen LogP) is 2.69. The number of hydrogen-bond donors (Lipinski definition) is 2. The van der Waals surface area contributed by atoms with Crippen molar-refractivity contribution in [3.8, 4) is 11.3 Å². The Kier molecular flexibility index (Phi) is 2.38. The van der Waals surface area contributed by atoms with Gasteiger partial charge in [0.05, 0.1) is 0 Å². The fraction of sp³-hybridized carbons (Fsp3) is 0.0714. The fourth-order valence-corrected chi connectivity index (χ4v) is 1.99. The largest absolute Gasteiger partial charge is 0.354 e. The first-order chi connectivity index (χ1) is 8.36. The van der Waals surface area contributed by atoms with Crippen molar-refractivity contribution in [3.05, 3.63) is 54.4 Å². The third-order valence-corrected chi connectivity index (χ3v) is 2.89. The van der Waals surface area contributed by atoms with Crippen molar-refractivity contribution in [3.63, 3.8) is 0 Å². The van der Waals surface area contributed by atoms with E-state index in [0.29, 0.717) is 6.54 Å². The molecule has 0 amide bonds. The Balaban J connectivity index is 2.14. The number of hydrogen-bond acceptors (Lipinski definition) is 2. The summed E-state index contributed by atoms with van der Waals surface area (Å²) in [4.78, 5) is 7.51. The highest BCUT2D eigenvalue weighted by atomic mass is 14.7. The number of nitrogens with zero attached hydrogens (tertiary/aromatic N) is 1. The normalized spacial score (nSPS) is 10.9. The number of nitrogens with two attached hydrogens (primary N) is 1. The second kappa shape index (κ2) is 4.03. The summed E-state index contributed by atoms with van der Waals surface area (Å²) in [6.07, 6.45) is 3.63. The zero-order valence-corrected chi connectivity index (χ0v) is 9.35. The molecule has 0 aliphatic carbocycles. The van der Waals surface area contributed by atoms with Crippen LogP contribution in [0.15, 0.2) is 48.8 Å². The van der Waals surface area contributed by atoms with E-state index in [-0.39, 0.29) is 0 Å². The van der Waals surface area contributed by atoms with Crippen molar-refractivity contribution >= 4 is 10.9 Å². The molecule has 3 N–H and O–H groups in total. The van der Waals surface area contributed by atoms with E-state index in [4.69, 9.17) is 5.73 Å². The molecular weight excluding hydrogens is 210 g/mol. The molecule has 0 saturated carbocycles. The number of benzene rings is 1. The van der Waals surface area contributed by atoms with E-state index in [1.54, 1.807) is 6.20 Å². The lowest BCUT2D eigenvalue weighted by atomic mass is 10.1. The molecule has 0 radical (unpaired) electrons. The van der Waals surface area contributed by atoms with Gasteiger partial charge in [0.15, 0.2) is 0 Å². The minimum Gasteiger partial charge on any atom is -0.354 e. The van der Waals surface area contributed by atoms with Crippen LogP contribution in [0.4, 0.5) is 0 Å². The predicted molar refractivity (Wildman–Crippen MR) is 69.4 cm³/mol. The molecule has 1 aromatic carbocycles. The maximum Gasteiger partial charge on any atom is 0.0480 e.